The number of hydrogen-bond acceptors (Lipinski definition) is 7. The summed E-state index contributed by atoms with van der Waals surface area (Å²) >= 11 is 0. The number of aliphatic hydroxyl groups is 1. The lowest BCUT2D eigenvalue weighted by Crippen LogP contribution is -2.59. The Morgan fingerprint density at radius 3 is 2.22 bits per heavy atom. The molecule has 0 aliphatic carbocycles. The fraction of sp³-hybridized carbons (Fsp3) is 0.409. The number of aliphatic hydroxyl groups excluding tert-OH is 1. The Kier molecular flexibility index (Phi) is 12.1. The molecule has 3 aromatic rings. The van der Waals surface area contributed by atoms with Crippen molar-refractivity contribution < 1.29 is 33.8 Å². The maximum atomic E-state index is 15.0. The number of likely N-dealkylation sites (tertiary alicyclic amines) is 1. The molecular weight excluding hydrogens is 682 g/mol. The van der Waals surface area contributed by atoms with Gasteiger partial charge in [-0.3, -0.25) is 19.2 Å². The second-order valence-electron chi connectivity index (χ2n) is 14.7. The second-order valence-corrected chi connectivity index (χ2v) is 14.7. The van der Waals surface area contributed by atoms with E-state index in [0.29, 0.717) is 31.2 Å². The lowest BCUT2D eigenvalue weighted by atomic mass is 9.70. The van der Waals surface area contributed by atoms with Crippen molar-refractivity contribution in [1.29, 1.82) is 0 Å². The number of esters is 1. The summed E-state index contributed by atoms with van der Waals surface area (Å²) in [5, 5.41) is 10.9. The molecule has 1 spiro atoms. The van der Waals surface area contributed by atoms with E-state index in [1.54, 1.807) is 29.0 Å². The van der Waals surface area contributed by atoms with Crippen molar-refractivity contribution in [2.75, 3.05) is 20.2 Å². The molecule has 1 N–H and O–H groups in total. The Morgan fingerprint density at radius 1 is 0.981 bits per heavy atom. The summed E-state index contributed by atoms with van der Waals surface area (Å²) in [6.07, 6.45) is 3.79. The van der Waals surface area contributed by atoms with E-state index in [0.717, 1.165) is 11.1 Å². The third-order valence-corrected chi connectivity index (χ3v) is 11.4. The summed E-state index contributed by atoms with van der Waals surface area (Å²) in [7, 11) is 1.69. The van der Waals surface area contributed by atoms with Crippen molar-refractivity contribution >= 4 is 23.7 Å². The van der Waals surface area contributed by atoms with E-state index in [4.69, 9.17) is 9.47 Å². The molecule has 10 heteroatoms. The summed E-state index contributed by atoms with van der Waals surface area (Å²) in [5.74, 6) is -3.47. The van der Waals surface area contributed by atoms with E-state index in [1.165, 1.54) is 4.90 Å². The molecule has 8 atom stereocenters. The van der Waals surface area contributed by atoms with E-state index in [1.807, 2.05) is 97.9 Å². The number of fused-ring (bicyclic) bond motifs is 1. The van der Waals surface area contributed by atoms with Crippen molar-refractivity contribution in [3.8, 4) is 0 Å². The zero-order valence-electron chi connectivity index (χ0n) is 31.2. The number of carbonyl (C=O) groups excluding carboxylic acids is 4. The maximum Gasteiger partial charge on any atom is 0.313 e. The summed E-state index contributed by atoms with van der Waals surface area (Å²) in [4.78, 5) is 62.5. The van der Waals surface area contributed by atoms with Gasteiger partial charge in [-0.1, -0.05) is 103 Å². The van der Waals surface area contributed by atoms with Crippen molar-refractivity contribution in [2.45, 2.75) is 81.5 Å². The lowest BCUT2D eigenvalue weighted by Gasteiger charge is -2.39. The van der Waals surface area contributed by atoms with Gasteiger partial charge in [-0.2, -0.15) is 0 Å². The Labute approximate surface area is 318 Å². The van der Waals surface area contributed by atoms with Crippen LogP contribution in [0.3, 0.4) is 0 Å². The highest BCUT2D eigenvalue weighted by atomic mass is 16.6. The molecule has 3 aliphatic heterocycles. The molecule has 3 aromatic carbocycles. The number of amides is 3. The summed E-state index contributed by atoms with van der Waals surface area (Å²) in [6.45, 7) is 9.57. The zero-order chi connectivity index (χ0) is 38.4. The molecule has 54 heavy (non-hydrogen) atoms. The molecule has 0 saturated carbocycles. The molecule has 10 nitrogen and oxygen atoms in total. The van der Waals surface area contributed by atoms with Gasteiger partial charge >= 0.3 is 5.97 Å². The summed E-state index contributed by atoms with van der Waals surface area (Å²) < 4.78 is 13.1. The van der Waals surface area contributed by atoms with Crippen LogP contribution in [0.4, 0.5) is 0 Å². The molecule has 6 rings (SSSR count). The highest BCUT2D eigenvalue weighted by Gasteiger charge is 2.75. The standard InChI is InChI=1S/C44H51N3O7/c1-5-7-23-36(49)45(4)30(3)39(33-21-15-10-16-22-33)53-43(52)37-35-24-25-44(54-35)38(37)41(50)47(34(29-48)27-31-17-11-8-12-18-31)40(44)42(51)46(26-6-2)28-32-19-13-9-14-20-32/h5-6,8-22,30,34-35,37-40,48H,1-2,7,23-29H2,3-4H3/t30-,34+,35+,37-,38-,39+,40+,44-/m0/s1. The topological polar surface area (TPSA) is 117 Å². The first-order valence-electron chi connectivity index (χ1n) is 18.9. The van der Waals surface area contributed by atoms with Crippen molar-refractivity contribution in [2.24, 2.45) is 11.8 Å². The van der Waals surface area contributed by atoms with E-state index in [-0.39, 0.29) is 31.3 Å². The van der Waals surface area contributed by atoms with Crippen molar-refractivity contribution in [3.05, 3.63) is 133 Å². The summed E-state index contributed by atoms with van der Waals surface area (Å²) in [6, 6.07) is 26.0. The Morgan fingerprint density at radius 2 is 1.61 bits per heavy atom. The molecule has 284 valence electrons. The number of carbonyl (C=O) groups is 4. The van der Waals surface area contributed by atoms with Crippen molar-refractivity contribution in [3.63, 3.8) is 0 Å². The molecule has 0 unspecified atom stereocenters. The van der Waals surface area contributed by atoms with Crippen LogP contribution in [0.15, 0.2) is 116 Å². The smallest absolute Gasteiger partial charge is 0.313 e. The van der Waals surface area contributed by atoms with E-state index in [9.17, 15) is 24.3 Å². The quantitative estimate of drug-likeness (QED) is 0.148. The SMILES string of the molecule is C=CCCC(=O)N(C)[C@@H](C)[C@@H](OC(=O)[C@@H]1[C@H]2C(=O)N([C@@H](CO)Cc3ccccc3)[C@H](C(=O)N(CC=C)Cc3ccccc3)[C@]23CC[C@H]1O3)c1ccccc1. The van der Waals surface area contributed by atoms with Crippen LogP contribution in [0.1, 0.15) is 55.4 Å². The largest absolute Gasteiger partial charge is 0.455 e. The van der Waals surface area contributed by atoms with Crippen LogP contribution >= 0.6 is 0 Å². The normalized spacial score (nSPS) is 24.3. The molecule has 3 amide bonds. The number of allylic oxidation sites excluding steroid dienone is 1. The van der Waals surface area contributed by atoms with Gasteiger partial charge in [0.05, 0.1) is 36.6 Å². The molecular formula is C44H51N3O7. The van der Waals surface area contributed by atoms with Gasteiger partial charge in [0.2, 0.25) is 17.7 Å². The van der Waals surface area contributed by atoms with Gasteiger partial charge < -0.3 is 29.3 Å². The summed E-state index contributed by atoms with van der Waals surface area (Å²) in [5.41, 5.74) is 1.20. The highest BCUT2D eigenvalue weighted by molar-refractivity contribution is 5.98. The highest BCUT2D eigenvalue weighted by Crippen LogP contribution is 2.59. The van der Waals surface area contributed by atoms with Crippen LogP contribution in [0.2, 0.25) is 0 Å². The van der Waals surface area contributed by atoms with Crippen molar-refractivity contribution in [1.82, 2.24) is 14.7 Å². The molecule has 3 heterocycles. The minimum absolute atomic E-state index is 0.113. The number of hydrogen-bond donors (Lipinski definition) is 1. The minimum Gasteiger partial charge on any atom is -0.455 e. The van der Waals surface area contributed by atoms with Crippen LogP contribution in [0.5, 0.6) is 0 Å². The second kappa shape index (κ2) is 17.0. The maximum absolute atomic E-state index is 15.0. The lowest BCUT2D eigenvalue weighted by molar-refractivity contribution is -0.165. The van der Waals surface area contributed by atoms with Crippen LogP contribution in [0.25, 0.3) is 0 Å². The minimum atomic E-state index is -1.31. The average Bonchev–Trinajstić information content (AvgIpc) is 3.85. The van der Waals surface area contributed by atoms with Gasteiger partial charge in [-0.05, 0) is 49.3 Å². The molecule has 0 radical (unpaired) electrons. The van der Waals surface area contributed by atoms with Gasteiger partial charge in [0.15, 0.2) is 0 Å². The van der Waals surface area contributed by atoms with Crippen LogP contribution in [0, 0.1) is 11.8 Å². The van der Waals surface area contributed by atoms with Gasteiger partial charge in [-0.25, -0.2) is 0 Å². The van der Waals surface area contributed by atoms with Crippen LogP contribution in [-0.2, 0) is 41.6 Å². The third kappa shape index (κ3) is 7.50. The Balaban J connectivity index is 1.36. The number of rotatable bonds is 17. The Hall–Kier alpha value is -5.06. The fourth-order valence-electron chi connectivity index (χ4n) is 8.66. The van der Waals surface area contributed by atoms with Crippen LogP contribution in [-0.4, -0.2) is 93.5 Å². The van der Waals surface area contributed by atoms with Gasteiger partial charge in [0.1, 0.15) is 17.7 Å². The number of likely N-dealkylation sites (N-methyl/N-ethyl adjacent to an activating group) is 1. The van der Waals surface area contributed by atoms with Crippen LogP contribution < -0.4 is 0 Å². The average molecular weight is 734 g/mol. The van der Waals surface area contributed by atoms with Gasteiger partial charge in [0.25, 0.3) is 0 Å². The molecule has 0 aromatic heterocycles. The predicted octanol–water partition coefficient (Wildman–Crippen LogP) is 5.28. The zero-order valence-corrected chi connectivity index (χ0v) is 31.2. The monoisotopic (exact) mass is 733 g/mol. The first-order valence-corrected chi connectivity index (χ1v) is 18.9. The molecule has 3 aliphatic rings. The predicted molar refractivity (Wildman–Crippen MR) is 204 cm³/mol. The first-order chi connectivity index (χ1) is 26.1. The van der Waals surface area contributed by atoms with E-state index < -0.39 is 66.3 Å². The van der Waals surface area contributed by atoms with E-state index >= 15 is 0 Å². The number of benzene rings is 3. The fourth-order valence-corrected chi connectivity index (χ4v) is 8.66. The molecule has 3 saturated heterocycles. The first kappa shape index (κ1) is 38.7. The number of nitrogens with zero attached hydrogens (tertiary/aromatic N) is 3. The third-order valence-electron chi connectivity index (χ3n) is 11.4. The Bertz CT molecular complexity index is 1800. The molecule has 2 bridgehead atoms. The number of ether oxygens (including phenoxy) is 2. The van der Waals surface area contributed by atoms with Gasteiger partial charge in [-0.15, -0.1) is 13.2 Å². The van der Waals surface area contributed by atoms with Gasteiger partial charge in [0, 0.05) is 26.6 Å². The van der Waals surface area contributed by atoms with E-state index in [2.05, 4.69) is 13.2 Å². The molecule has 3 fully saturated rings.